The SMILES string of the molecule is COC(=O)C1=C(C)NC(C)=C(C(=O)OCCO[N+](=O)[O-])C1c1ccccc1C(F)(F)F. The van der Waals surface area contributed by atoms with Gasteiger partial charge in [0.15, 0.2) is 0 Å². The van der Waals surface area contributed by atoms with Crippen molar-refractivity contribution in [3.8, 4) is 0 Å². The van der Waals surface area contributed by atoms with Crippen LogP contribution in [0.25, 0.3) is 0 Å². The zero-order valence-corrected chi connectivity index (χ0v) is 16.7. The van der Waals surface area contributed by atoms with E-state index in [9.17, 15) is 32.9 Å². The molecule has 0 fully saturated rings. The van der Waals surface area contributed by atoms with Crippen LogP contribution in [-0.2, 0) is 30.1 Å². The average molecular weight is 444 g/mol. The molecule has 0 bridgehead atoms. The minimum Gasteiger partial charge on any atom is -0.466 e. The number of carbonyl (C=O) groups is 2. The minimum atomic E-state index is -4.76. The number of esters is 2. The van der Waals surface area contributed by atoms with Gasteiger partial charge in [-0.05, 0) is 25.5 Å². The molecule has 9 nitrogen and oxygen atoms in total. The Morgan fingerprint density at radius 2 is 1.68 bits per heavy atom. The maximum atomic E-state index is 13.7. The standard InChI is InChI=1S/C19H19F3N2O7/c1-10-14(17(25)29-3)16(12-6-4-5-7-13(12)19(20,21)22)15(11(2)23-10)18(26)30-8-9-31-24(27)28/h4-7,16,23H,8-9H2,1-3H3. The summed E-state index contributed by atoms with van der Waals surface area (Å²) >= 11 is 0. The molecule has 1 aliphatic rings. The maximum absolute atomic E-state index is 13.7. The Hall–Kier alpha value is -3.57. The average Bonchev–Trinajstić information content (AvgIpc) is 2.69. The van der Waals surface area contributed by atoms with Crippen molar-refractivity contribution in [1.82, 2.24) is 5.32 Å². The van der Waals surface area contributed by atoms with Crippen molar-refractivity contribution < 1.29 is 42.2 Å². The van der Waals surface area contributed by atoms with Gasteiger partial charge < -0.3 is 19.6 Å². The molecule has 0 amide bonds. The quantitative estimate of drug-likeness (QED) is 0.295. The first-order valence-electron chi connectivity index (χ1n) is 8.86. The van der Waals surface area contributed by atoms with Gasteiger partial charge in [0, 0.05) is 11.4 Å². The summed E-state index contributed by atoms with van der Waals surface area (Å²) in [4.78, 5) is 39.5. The fourth-order valence-corrected chi connectivity index (χ4v) is 3.29. The van der Waals surface area contributed by atoms with Crippen LogP contribution in [0.15, 0.2) is 46.8 Å². The van der Waals surface area contributed by atoms with E-state index in [-0.39, 0.29) is 28.1 Å². The molecule has 1 aromatic rings. The van der Waals surface area contributed by atoms with Crippen LogP contribution in [-0.4, -0.2) is 37.3 Å². The number of dihydropyridines is 1. The van der Waals surface area contributed by atoms with E-state index in [0.717, 1.165) is 19.2 Å². The molecule has 0 saturated heterocycles. The maximum Gasteiger partial charge on any atom is 0.416 e. The molecule has 0 spiro atoms. The molecule has 1 unspecified atom stereocenters. The molecule has 2 rings (SSSR count). The normalized spacial score (nSPS) is 16.5. The van der Waals surface area contributed by atoms with Gasteiger partial charge in [-0.3, -0.25) is 0 Å². The Balaban J connectivity index is 2.58. The monoisotopic (exact) mass is 444 g/mol. The van der Waals surface area contributed by atoms with Crippen LogP contribution >= 0.6 is 0 Å². The van der Waals surface area contributed by atoms with E-state index < -0.39 is 47.9 Å². The lowest BCUT2D eigenvalue weighted by molar-refractivity contribution is -0.757. The highest BCUT2D eigenvalue weighted by Crippen LogP contribution is 2.44. The topological polar surface area (TPSA) is 117 Å². The number of ether oxygens (including phenoxy) is 2. The number of benzene rings is 1. The molecule has 31 heavy (non-hydrogen) atoms. The van der Waals surface area contributed by atoms with Crippen molar-refractivity contribution in [2.24, 2.45) is 0 Å². The number of hydrogen-bond donors (Lipinski definition) is 1. The summed E-state index contributed by atoms with van der Waals surface area (Å²) in [5.74, 6) is -3.44. The minimum absolute atomic E-state index is 0.160. The second kappa shape index (κ2) is 9.49. The third kappa shape index (κ3) is 5.32. The molecule has 1 atom stereocenters. The fraction of sp³-hybridized carbons (Fsp3) is 0.368. The van der Waals surface area contributed by atoms with E-state index in [1.807, 2.05) is 0 Å². The smallest absolute Gasteiger partial charge is 0.416 e. The summed E-state index contributed by atoms with van der Waals surface area (Å²) in [6.07, 6.45) is -4.76. The van der Waals surface area contributed by atoms with Gasteiger partial charge in [0.1, 0.15) is 13.2 Å². The van der Waals surface area contributed by atoms with Crippen LogP contribution in [0.2, 0.25) is 0 Å². The molecular weight excluding hydrogens is 425 g/mol. The first kappa shape index (κ1) is 23.7. The number of alkyl halides is 3. The molecule has 1 heterocycles. The zero-order valence-electron chi connectivity index (χ0n) is 16.7. The number of rotatable bonds is 7. The van der Waals surface area contributed by atoms with E-state index in [0.29, 0.717) is 0 Å². The van der Waals surface area contributed by atoms with Crippen molar-refractivity contribution in [1.29, 1.82) is 0 Å². The lowest BCUT2D eigenvalue weighted by Crippen LogP contribution is -2.33. The summed E-state index contributed by atoms with van der Waals surface area (Å²) in [7, 11) is 1.06. The fourth-order valence-electron chi connectivity index (χ4n) is 3.29. The van der Waals surface area contributed by atoms with Crippen molar-refractivity contribution in [3.63, 3.8) is 0 Å². The summed E-state index contributed by atoms with van der Waals surface area (Å²) in [6, 6.07) is 4.53. The molecule has 168 valence electrons. The number of halogens is 3. The summed E-state index contributed by atoms with van der Waals surface area (Å²) in [5, 5.41) is 11.9. The number of nitrogens with zero attached hydrogens (tertiary/aromatic N) is 1. The van der Waals surface area contributed by atoms with Crippen molar-refractivity contribution >= 4 is 11.9 Å². The first-order valence-corrected chi connectivity index (χ1v) is 8.86. The molecule has 1 N–H and O–H groups in total. The van der Waals surface area contributed by atoms with Crippen LogP contribution in [0.3, 0.4) is 0 Å². The van der Waals surface area contributed by atoms with Crippen LogP contribution in [0, 0.1) is 10.1 Å². The van der Waals surface area contributed by atoms with Gasteiger partial charge in [-0.1, -0.05) is 18.2 Å². The Kier molecular flexibility index (Phi) is 7.26. The molecule has 0 aromatic heterocycles. The van der Waals surface area contributed by atoms with Crippen molar-refractivity contribution in [2.75, 3.05) is 20.3 Å². The molecule has 0 saturated carbocycles. The summed E-state index contributed by atoms with van der Waals surface area (Å²) < 4.78 is 50.8. The van der Waals surface area contributed by atoms with Gasteiger partial charge in [0.25, 0.3) is 5.09 Å². The number of hydrogen-bond acceptors (Lipinski definition) is 8. The largest absolute Gasteiger partial charge is 0.466 e. The molecule has 1 aromatic carbocycles. The van der Waals surface area contributed by atoms with Crippen LogP contribution in [0.5, 0.6) is 0 Å². The lowest BCUT2D eigenvalue weighted by Gasteiger charge is -2.31. The van der Waals surface area contributed by atoms with E-state index >= 15 is 0 Å². The van der Waals surface area contributed by atoms with Gasteiger partial charge in [-0.2, -0.15) is 13.2 Å². The van der Waals surface area contributed by atoms with Crippen molar-refractivity contribution in [2.45, 2.75) is 25.9 Å². The van der Waals surface area contributed by atoms with E-state index in [1.54, 1.807) is 0 Å². The molecule has 12 heteroatoms. The Morgan fingerprint density at radius 3 is 2.23 bits per heavy atom. The van der Waals surface area contributed by atoms with Gasteiger partial charge in [-0.25, -0.2) is 9.59 Å². The Labute approximate surface area is 174 Å². The van der Waals surface area contributed by atoms with Crippen LogP contribution in [0.1, 0.15) is 30.9 Å². The second-order valence-corrected chi connectivity index (χ2v) is 6.40. The number of carbonyl (C=O) groups excluding carboxylic acids is 2. The van der Waals surface area contributed by atoms with Crippen LogP contribution in [0.4, 0.5) is 13.2 Å². The Bertz CT molecular complexity index is 954. The summed E-state index contributed by atoms with van der Waals surface area (Å²) in [6.45, 7) is 1.80. The highest BCUT2D eigenvalue weighted by molar-refractivity contribution is 6.00. The summed E-state index contributed by atoms with van der Waals surface area (Å²) in [5.41, 5.74) is -1.47. The number of allylic oxidation sites excluding steroid dienone is 2. The van der Waals surface area contributed by atoms with Gasteiger partial charge in [0.2, 0.25) is 0 Å². The number of nitrogens with one attached hydrogen (secondary N) is 1. The van der Waals surface area contributed by atoms with E-state index in [4.69, 9.17) is 9.47 Å². The predicted molar refractivity (Wildman–Crippen MR) is 98.6 cm³/mol. The number of methoxy groups -OCH3 is 1. The zero-order chi connectivity index (χ0) is 23.3. The first-order chi connectivity index (χ1) is 14.5. The van der Waals surface area contributed by atoms with Gasteiger partial charge in [-0.15, -0.1) is 10.1 Å². The van der Waals surface area contributed by atoms with Gasteiger partial charge in [0.05, 0.1) is 29.7 Å². The molecule has 1 aliphatic heterocycles. The van der Waals surface area contributed by atoms with Gasteiger partial charge >= 0.3 is 18.1 Å². The lowest BCUT2D eigenvalue weighted by atomic mass is 9.78. The third-order valence-electron chi connectivity index (χ3n) is 4.48. The predicted octanol–water partition coefficient (Wildman–Crippen LogP) is 2.86. The third-order valence-corrected chi connectivity index (χ3v) is 4.48. The molecule has 0 aliphatic carbocycles. The highest BCUT2D eigenvalue weighted by Gasteiger charge is 2.43. The second-order valence-electron chi connectivity index (χ2n) is 6.40. The van der Waals surface area contributed by atoms with E-state index in [1.165, 1.54) is 26.0 Å². The highest BCUT2D eigenvalue weighted by atomic mass is 19.4. The van der Waals surface area contributed by atoms with E-state index in [2.05, 4.69) is 10.2 Å². The molecular formula is C19H19F3N2O7. The Morgan fingerprint density at radius 1 is 1.10 bits per heavy atom. The molecule has 0 radical (unpaired) electrons. The van der Waals surface area contributed by atoms with Crippen molar-refractivity contribution in [3.05, 3.63) is 68.0 Å². The van der Waals surface area contributed by atoms with Crippen LogP contribution < -0.4 is 5.32 Å².